The average Bonchev–Trinajstić information content (AvgIpc) is 2.29. The lowest BCUT2D eigenvalue weighted by atomic mass is 10.1. The van der Waals surface area contributed by atoms with Crippen LogP contribution >= 0.6 is 0 Å². The number of phenols is 1. The maximum absolute atomic E-state index is 12.6. The van der Waals surface area contributed by atoms with Gasteiger partial charge in [-0.05, 0) is 18.2 Å². The zero-order valence-corrected chi connectivity index (χ0v) is 9.34. The number of carbonyl (C=O) groups is 1. The molecule has 3 nitrogen and oxygen atoms in total. The third-order valence-corrected chi connectivity index (χ3v) is 1.99. The van der Waals surface area contributed by atoms with Crippen LogP contribution in [0.1, 0.15) is 17.5 Å². The maximum Gasteiger partial charge on any atom is 0.417 e. The molecule has 96 valence electrons. The number of hydrogen-bond acceptors (Lipinski definition) is 3. The highest BCUT2D eigenvalue weighted by Gasteiger charge is 2.33. The lowest BCUT2D eigenvalue weighted by Gasteiger charge is -2.09. The van der Waals surface area contributed by atoms with Crippen LogP contribution in [0.25, 0.3) is 0 Å². The minimum Gasteiger partial charge on any atom is -0.508 e. The summed E-state index contributed by atoms with van der Waals surface area (Å²) in [5.41, 5.74) is -1.34. The van der Waals surface area contributed by atoms with E-state index in [9.17, 15) is 18.0 Å². The lowest BCUT2D eigenvalue weighted by molar-refractivity contribution is -0.139. The molecule has 0 unspecified atom stereocenters. The highest BCUT2D eigenvalue weighted by atomic mass is 19.4. The summed E-state index contributed by atoms with van der Waals surface area (Å²) in [4.78, 5) is 10.8. The number of aromatic hydroxyl groups is 1. The first kappa shape index (κ1) is 13.9. The predicted octanol–water partition coefficient (Wildman–Crippen LogP) is 2.33. The van der Waals surface area contributed by atoms with Crippen molar-refractivity contribution in [2.75, 3.05) is 7.11 Å². The van der Waals surface area contributed by atoms with Gasteiger partial charge in [0.2, 0.25) is 0 Å². The van der Waals surface area contributed by atoms with Crippen LogP contribution in [0.4, 0.5) is 13.2 Å². The Morgan fingerprint density at radius 1 is 1.44 bits per heavy atom. The number of halogens is 3. The van der Waals surface area contributed by atoms with Crippen molar-refractivity contribution in [3.63, 3.8) is 0 Å². The van der Waals surface area contributed by atoms with Gasteiger partial charge in [0.05, 0.1) is 12.7 Å². The number of phenolic OH excluding ortho intramolecular Hbond substituents is 1. The molecule has 0 saturated heterocycles. The van der Waals surface area contributed by atoms with Gasteiger partial charge in [-0.25, -0.2) is 0 Å². The van der Waals surface area contributed by atoms with Gasteiger partial charge in [-0.15, -0.1) is 0 Å². The molecule has 0 saturated carbocycles. The second kappa shape index (κ2) is 5.45. The molecule has 0 aliphatic carbocycles. The number of methoxy groups -OCH3 is 1. The largest absolute Gasteiger partial charge is 0.508 e. The molecule has 0 amide bonds. The molecular formula is C12H9F3O3. The second-order valence-corrected chi connectivity index (χ2v) is 3.28. The third-order valence-electron chi connectivity index (χ3n) is 1.99. The van der Waals surface area contributed by atoms with E-state index in [1.807, 2.05) is 0 Å². The number of hydrogen-bond donors (Lipinski definition) is 1. The fourth-order valence-electron chi connectivity index (χ4n) is 1.16. The van der Waals surface area contributed by atoms with E-state index in [1.165, 1.54) is 0 Å². The highest BCUT2D eigenvalue weighted by Crippen LogP contribution is 2.33. The van der Waals surface area contributed by atoms with Crippen molar-refractivity contribution in [2.45, 2.75) is 12.6 Å². The van der Waals surface area contributed by atoms with Crippen molar-refractivity contribution < 1.29 is 27.8 Å². The average molecular weight is 258 g/mol. The molecule has 0 aliphatic heterocycles. The summed E-state index contributed by atoms with van der Waals surface area (Å²) in [7, 11) is 1.16. The molecule has 1 aromatic rings. The summed E-state index contributed by atoms with van der Waals surface area (Å²) in [5, 5.41) is 9.03. The Morgan fingerprint density at radius 2 is 2.11 bits per heavy atom. The number of ether oxygens (including phenoxy) is 1. The molecule has 0 radical (unpaired) electrons. The van der Waals surface area contributed by atoms with E-state index in [-0.39, 0.29) is 12.0 Å². The molecule has 1 N–H and O–H groups in total. The van der Waals surface area contributed by atoms with E-state index in [2.05, 4.69) is 16.6 Å². The van der Waals surface area contributed by atoms with E-state index >= 15 is 0 Å². The second-order valence-electron chi connectivity index (χ2n) is 3.28. The number of carbonyl (C=O) groups excluding carboxylic acids is 1. The number of rotatable bonds is 1. The van der Waals surface area contributed by atoms with Gasteiger partial charge in [-0.3, -0.25) is 4.79 Å². The van der Waals surface area contributed by atoms with Crippen molar-refractivity contribution in [1.29, 1.82) is 0 Å². The van der Waals surface area contributed by atoms with Crippen LogP contribution in [0.15, 0.2) is 18.2 Å². The summed E-state index contributed by atoms with van der Waals surface area (Å²) in [6, 6.07) is 2.72. The lowest BCUT2D eigenvalue weighted by Crippen LogP contribution is -2.07. The van der Waals surface area contributed by atoms with E-state index in [4.69, 9.17) is 5.11 Å². The topological polar surface area (TPSA) is 46.5 Å². The van der Waals surface area contributed by atoms with Gasteiger partial charge in [0.15, 0.2) is 0 Å². The van der Waals surface area contributed by atoms with Crippen molar-refractivity contribution in [2.24, 2.45) is 0 Å². The van der Waals surface area contributed by atoms with Gasteiger partial charge >= 0.3 is 12.1 Å². The Labute approximate surface area is 101 Å². The van der Waals surface area contributed by atoms with Crippen LogP contribution in [0.5, 0.6) is 5.75 Å². The number of esters is 1. The molecule has 1 rings (SSSR count). The van der Waals surface area contributed by atoms with Crippen LogP contribution in [0.2, 0.25) is 0 Å². The number of benzene rings is 1. The van der Waals surface area contributed by atoms with E-state index < -0.39 is 23.5 Å². The van der Waals surface area contributed by atoms with Gasteiger partial charge in [0.1, 0.15) is 12.2 Å². The Bertz CT molecular complexity index is 510. The molecule has 0 spiro atoms. The molecular weight excluding hydrogens is 249 g/mol. The number of alkyl halides is 3. The molecule has 18 heavy (non-hydrogen) atoms. The van der Waals surface area contributed by atoms with Crippen molar-refractivity contribution in [3.05, 3.63) is 29.3 Å². The van der Waals surface area contributed by atoms with Gasteiger partial charge in [-0.1, -0.05) is 11.8 Å². The molecule has 0 aliphatic rings. The summed E-state index contributed by atoms with van der Waals surface area (Å²) in [6.45, 7) is 0. The van der Waals surface area contributed by atoms with Crippen LogP contribution in [0, 0.1) is 11.8 Å². The highest BCUT2D eigenvalue weighted by molar-refractivity contribution is 5.72. The molecule has 6 heteroatoms. The minimum absolute atomic E-state index is 0.297. The summed E-state index contributed by atoms with van der Waals surface area (Å²) in [6.07, 6.45) is -4.91. The summed E-state index contributed by atoms with van der Waals surface area (Å²) < 4.78 is 42.1. The Morgan fingerprint density at radius 3 is 2.67 bits per heavy atom. The van der Waals surface area contributed by atoms with Gasteiger partial charge < -0.3 is 9.84 Å². The fraction of sp³-hybridized carbons (Fsp3) is 0.250. The minimum atomic E-state index is -4.62. The Balaban J connectivity index is 3.06. The molecule has 0 heterocycles. The van der Waals surface area contributed by atoms with Gasteiger partial charge in [-0.2, -0.15) is 13.2 Å². The van der Waals surface area contributed by atoms with Crippen molar-refractivity contribution >= 4 is 5.97 Å². The van der Waals surface area contributed by atoms with E-state index in [1.54, 1.807) is 0 Å². The first-order valence-corrected chi connectivity index (χ1v) is 4.80. The predicted molar refractivity (Wildman–Crippen MR) is 56.6 cm³/mol. The quantitative estimate of drug-likeness (QED) is 0.621. The van der Waals surface area contributed by atoms with Crippen LogP contribution in [-0.2, 0) is 15.7 Å². The Kier molecular flexibility index (Phi) is 4.21. The maximum atomic E-state index is 12.6. The first-order valence-electron chi connectivity index (χ1n) is 4.80. The molecule has 0 aromatic heterocycles. The summed E-state index contributed by atoms with van der Waals surface area (Å²) in [5.74, 6) is 3.38. The van der Waals surface area contributed by atoms with Crippen LogP contribution in [-0.4, -0.2) is 18.2 Å². The molecule has 0 bridgehead atoms. The van der Waals surface area contributed by atoms with Crippen LogP contribution < -0.4 is 0 Å². The smallest absolute Gasteiger partial charge is 0.417 e. The molecule has 0 atom stereocenters. The van der Waals surface area contributed by atoms with Crippen molar-refractivity contribution in [1.82, 2.24) is 0 Å². The van der Waals surface area contributed by atoms with Crippen LogP contribution in [0.3, 0.4) is 0 Å². The standard InChI is InChI=1S/C12H9F3O3/c1-18-11(17)4-2-3-8-5-6-9(16)7-10(8)12(13,14)15/h5-7,16H,4H2,1H3. The zero-order chi connectivity index (χ0) is 13.8. The van der Waals surface area contributed by atoms with E-state index in [0.29, 0.717) is 6.07 Å². The normalized spacial score (nSPS) is 10.4. The monoisotopic (exact) mass is 258 g/mol. The van der Waals surface area contributed by atoms with Gasteiger partial charge in [0.25, 0.3) is 0 Å². The SMILES string of the molecule is COC(=O)CC#Cc1ccc(O)cc1C(F)(F)F. The van der Waals surface area contributed by atoms with E-state index in [0.717, 1.165) is 19.2 Å². The van der Waals surface area contributed by atoms with Gasteiger partial charge in [0, 0.05) is 5.56 Å². The van der Waals surface area contributed by atoms with Crippen molar-refractivity contribution in [3.8, 4) is 17.6 Å². The Hall–Kier alpha value is -2.16. The first-order chi connectivity index (χ1) is 8.34. The summed E-state index contributed by atoms with van der Waals surface area (Å²) >= 11 is 0. The zero-order valence-electron chi connectivity index (χ0n) is 9.34. The molecule has 1 aromatic carbocycles. The third kappa shape index (κ3) is 3.70. The fourth-order valence-corrected chi connectivity index (χ4v) is 1.16. The molecule has 0 fully saturated rings.